The predicted octanol–water partition coefficient (Wildman–Crippen LogP) is 4.55. The zero-order valence-electron chi connectivity index (χ0n) is 14.6. The summed E-state index contributed by atoms with van der Waals surface area (Å²) in [5, 5.41) is 9.52. The smallest absolute Gasteiger partial charge is 0.318 e. The first kappa shape index (κ1) is 18.5. The van der Waals surface area contributed by atoms with E-state index in [9.17, 15) is 4.79 Å². The van der Waals surface area contributed by atoms with E-state index in [2.05, 4.69) is 10.2 Å². The van der Waals surface area contributed by atoms with Crippen molar-refractivity contribution in [3.05, 3.63) is 59.1 Å². The summed E-state index contributed by atoms with van der Waals surface area (Å²) >= 11 is 7.33. The molecule has 0 spiro atoms. The van der Waals surface area contributed by atoms with E-state index in [0.29, 0.717) is 16.0 Å². The van der Waals surface area contributed by atoms with Crippen molar-refractivity contribution in [1.29, 1.82) is 0 Å². The van der Waals surface area contributed by atoms with Gasteiger partial charge in [-0.15, -0.1) is 10.2 Å². The highest BCUT2D eigenvalue weighted by atomic mass is 35.5. The lowest BCUT2D eigenvalue weighted by Crippen LogP contribution is -2.15. The predicted molar refractivity (Wildman–Crippen MR) is 104 cm³/mol. The van der Waals surface area contributed by atoms with Crippen LogP contribution in [0.25, 0.3) is 17.1 Å². The number of aryl methyl sites for hydroxylation is 1. The van der Waals surface area contributed by atoms with Crippen LogP contribution >= 0.6 is 23.4 Å². The van der Waals surface area contributed by atoms with Gasteiger partial charge in [-0.25, -0.2) is 0 Å². The number of rotatable bonds is 5. The molecule has 5 nitrogen and oxygen atoms in total. The third-order valence-electron chi connectivity index (χ3n) is 3.84. The Morgan fingerprint density at radius 3 is 2.38 bits per heavy atom. The van der Waals surface area contributed by atoms with Crippen LogP contribution in [0.3, 0.4) is 0 Å². The molecule has 3 rings (SSSR count). The van der Waals surface area contributed by atoms with Gasteiger partial charge in [0.25, 0.3) is 0 Å². The monoisotopic (exact) mass is 387 g/mol. The lowest BCUT2D eigenvalue weighted by molar-refractivity contribution is -0.139. The highest BCUT2D eigenvalue weighted by Crippen LogP contribution is 2.31. The van der Waals surface area contributed by atoms with Gasteiger partial charge in [-0.2, -0.15) is 0 Å². The van der Waals surface area contributed by atoms with Crippen LogP contribution in [0, 0.1) is 6.92 Å². The molecule has 0 amide bonds. The Labute approximate surface area is 161 Å². The molecule has 3 aromatic rings. The van der Waals surface area contributed by atoms with Crippen LogP contribution in [-0.4, -0.2) is 33.1 Å². The van der Waals surface area contributed by atoms with E-state index in [1.165, 1.54) is 24.4 Å². The topological polar surface area (TPSA) is 57.0 Å². The molecule has 1 heterocycles. The second-order valence-electron chi connectivity index (χ2n) is 5.77. The zero-order valence-corrected chi connectivity index (χ0v) is 16.2. The summed E-state index contributed by atoms with van der Waals surface area (Å²) in [6.07, 6.45) is 0. The lowest BCUT2D eigenvalue weighted by atomic mass is 10.1. The number of hydrogen-bond donors (Lipinski definition) is 0. The number of thioether (sulfide) groups is 1. The first-order valence-corrected chi connectivity index (χ1v) is 9.28. The first-order chi connectivity index (χ1) is 12.5. The highest BCUT2D eigenvalue weighted by molar-refractivity contribution is 8.00. The van der Waals surface area contributed by atoms with Gasteiger partial charge < -0.3 is 4.74 Å². The SMILES string of the molecule is COC(=O)C(C)Sc1nnc(-c2ccc(C)cc2)n1-c1ccc(Cl)cc1. The maximum atomic E-state index is 11.8. The maximum Gasteiger partial charge on any atom is 0.318 e. The summed E-state index contributed by atoms with van der Waals surface area (Å²) in [4.78, 5) is 11.8. The molecule has 1 aromatic heterocycles. The van der Waals surface area contributed by atoms with Crippen LogP contribution in [0.2, 0.25) is 5.02 Å². The van der Waals surface area contributed by atoms with Gasteiger partial charge in [-0.05, 0) is 38.1 Å². The molecule has 1 atom stereocenters. The van der Waals surface area contributed by atoms with Gasteiger partial charge in [0.05, 0.1) is 7.11 Å². The minimum absolute atomic E-state index is 0.308. The standard InChI is InChI=1S/C19H18ClN3O2S/c1-12-4-6-14(7-5-12)17-21-22-19(26-13(2)18(24)25-3)23(17)16-10-8-15(20)9-11-16/h4-11,13H,1-3H3. The van der Waals surface area contributed by atoms with E-state index in [1.807, 2.05) is 60.0 Å². The minimum Gasteiger partial charge on any atom is -0.468 e. The van der Waals surface area contributed by atoms with E-state index >= 15 is 0 Å². The molecule has 134 valence electrons. The summed E-state index contributed by atoms with van der Waals surface area (Å²) in [7, 11) is 1.38. The fraction of sp³-hybridized carbons (Fsp3) is 0.211. The molecule has 26 heavy (non-hydrogen) atoms. The summed E-state index contributed by atoms with van der Waals surface area (Å²) in [6.45, 7) is 3.82. The first-order valence-electron chi connectivity index (χ1n) is 8.02. The number of methoxy groups -OCH3 is 1. The van der Waals surface area contributed by atoms with Crippen molar-refractivity contribution >= 4 is 29.3 Å². The molecule has 2 aromatic carbocycles. The van der Waals surface area contributed by atoms with Gasteiger partial charge in [0.1, 0.15) is 5.25 Å². The van der Waals surface area contributed by atoms with Crippen molar-refractivity contribution in [2.75, 3.05) is 7.11 Å². The van der Waals surface area contributed by atoms with Crippen LogP contribution in [0.4, 0.5) is 0 Å². The molecule has 1 unspecified atom stereocenters. The molecule has 0 aliphatic carbocycles. The lowest BCUT2D eigenvalue weighted by Gasteiger charge is -2.12. The normalized spacial score (nSPS) is 12.0. The number of aromatic nitrogens is 3. The Morgan fingerprint density at radius 2 is 1.77 bits per heavy atom. The van der Waals surface area contributed by atoms with Gasteiger partial charge in [-0.1, -0.05) is 53.2 Å². The number of esters is 1. The van der Waals surface area contributed by atoms with Gasteiger partial charge in [-0.3, -0.25) is 9.36 Å². The second kappa shape index (κ2) is 7.93. The van der Waals surface area contributed by atoms with Crippen molar-refractivity contribution in [1.82, 2.24) is 14.8 Å². The van der Waals surface area contributed by atoms with Crippen molar-refractivity contribution in [3.8, 4) is 17.1 Å². The Morgan fingerprint density at radius 1 is 1.12 bits per heavy atom. The number of carbonyl (C=O) groups is 1. The average molecular weight is 388 g/mol. The van der Waals surface area contributed by atoms with Gasteiger partial charge in [0.2, 0.25) is 0 Å². The molecule has 0 saturated heterocycles. The zero-order chi connectivity index (χ0) is 18.7. The molecule has 7 heteroatoms. The van der Waals surface area contributed by atoms with Crippen LogP contribution in [0.1, 0.15) is 12.5 Å². The van der Waals surface area contributed by atoms with Gasteiger partial charge in [0.15, 0.2) is 11.0 Å². The van der Waals surface area contributed by atoms with Gasteiger partial charge >= 0.3 is 5.97 Å². The maximum absolute atomic E-state index is 11.8. The van der Waals surface area contributed by atoms with Crippen molar-refractivity contribution < 1.29 is 9.53 Å². The summed E-state index contributed by atoms with van der Waals surface area (Å²) < 4.78 is 6.74. The fourth-order valence-electron chi connectivity index (χ4n) is 2.43. The fourth-order valence-corrected chi connectivity index (χ4v) is 3.45. The van der Waals surface area contributed by atoms with E-state index in [4.69, 9.17) is 16.3 Å². The van der Waals surface area contributed by atoms with Crippen molar-refractivity contribution in [2.45, 2.75) is 24.3 Å². The van der Waals surface area contributed by atoms with E-state index in [0.717, 1.165) is 11.3 Å². The van der Waals surface area contributed by atoms with Gasteiger partial charge in [0, 0.05) is 16.3 Å². The quantitative estimate of drug-likeness (QED) is 0.474. The van der Waals surface area contributed by atoms with E-state index < -0.39 is 5.25 Å². The van der Waals surface area contributed by atoms with E-state index in [-0.39, 0.29) is 5.97 Å². The minimum atomic E-state index is -0.402. The average Bonchev–Trinajstić information content (AvgIpc) is 3.05. The third kappa shape index (κ3) is 3.92. The molecule has 0 fully saturated rings. The number of hydrogen-bond acceptors (Lipinski definition) is 5. The number of halogens is 1. The number of nitrogens with zero attached hydrogens (tertiary/aromatic N) is 3. The number of benzene rings is 2. The van der Waals surface area contributed by atoms with Crippen LogP contribution < -0.4 is 0 Å². The summed E-state index contributed by atoms with van der Waals surface area (Å²) in [6, 6.07) is 15.5. The molecular formula is C19H18ClN3O2S. The Balaban J connectivity index is 2.09. The Kier molecular flexibility index (Phi) is 5.64. The molecular weight excluding hydrogens is 370 g/mol. The van der Waals surface area contributed by atoms with Crippen molar-refractivity contribution in [2.24, 2.45) is 0 Å². The van der Waals surface area contributed by atoms with Crippen LogP contribution in [0.15, 0.2) is 53.7 Å². The molecule has 0 bridgehead atoms. The van der Waals surface area contributed by atoms with Crippen molar-refractivity contribution in [3.63, 3.8) is 0 Å². The number of ether oxygens (including phenoxy) is 1. The molecule has 0 saturated carbocycles. The van der Waals surface area contributed by atoms with E-state index in [1.54, 1.807) is 6.92 Å². The largest absolute Gasteiger partial charge is 0.468 e. The van der Waals surface area contributed by atoms with Crippen LogP contribution in [0.5, 0.6) is 0 Å². The second-order valence-corrected chi connectivity index (χ2v) is 7.51. The van der Waals surface area contributed by atoms with Crippen LogP contribution in [-0.2, 0) is 9.53 Å². The molecule has 0 radical (unpaired) electrons. The Hall–Kier alpha value is -2.31. The Bertz CT molecular complexity index is 908. The summed E-state index contributed by atoms with van der Waals surface area (Å²) in [5.74, 6) is 0.393. The number of carbonyl (C=O) groups excluding carboxylic acids is 1. The molecule has 0 aliphatic rings. The molecule has 0 aliphatic heterocycles. The third-order valence-corrected chi connectivity index (χ3v) is 5.12. The molecule has 0 N–H and O–H groups in total. The summed E-state index contributed by atoms with van der Waals surface area (Å²) in [5.41, 5.74) is 2.98. The highest BCUT2D eigenvalue weighted by Gasteiger charge is 2.22.